The number of aryl methyl sites for hydroxylation is 1. The van der Waals surface area contributed by atoms with Crippen LogP contribution in [0.3, 0.4) is 0 Å². The summed E-state index contributed by atoms with van der Waals surface area (Å²) in [6.45, 7) is 4.62. The van der Waals surface area contributed by atoms with Crippen molar-refractivity contribution in [2.45, 2.75) is 45.7 Å². The zero-order chi connectivity index (χ0) is 23.1. The van der Waals surface area contributed by atoms with Crippen LogP contribution >= 0.6 is 23.2 Å². The van der Waals surface area contributed by atoms with Gasteiger partial charge in [0, 0.05) is 19.5 Å². The van der Waals surface area contributed by atoms with Crippen LogP contribution < -0.4 is 5.32 Å². The van der Waals surface area contributed by atoms with Gasteiger partial charge in [-0.1, -0.05) is 78.7 Å². The third-order valence-electron chi connectivity index (χ3n) is 5.54. The Morgan fingerprint density at radius 1 is 1.00 bits per heavy atom. The lowest BCUT2D eigenvalue weighted by atomic mass is 10.0. The molecule has 0 radical (unpaired) electrons. The van der Waals surface area contributed by atoms with Crippen LogP contribution in [-0.4, -0.2) is 29.3 Å². The van der Waals surface area contributed by atoms with Crippen molar-refractivity contribution >= 4 is 45.8 Å². The Morgan fingerprint density at radius 3 is 2.50 bits per heavy atom. The van der Waals surface area contributed by atoms with Crippen LogP contribution in [0.2, 0.25) is 10.0 Å². The van der Waals surface area contributed by atoms with Gasteiger partial charge in [-0.05, 0) is 53.8 Å². The molecular weight excluding hydrogens is 443 g/mol. The smallest absolute Gasteiger partial charge is 0.242 e. The highest BCUT2D eigenvalue weighted by molar-refractivity contribution is 6.42. The fourth-order valence-corrected chi connectivity index (χ4v) is 4.03. The number of carbonyl (C=O) groups is 2. The molecule has 4 nitrogen and oxygen atoms in total. The minimum absolute atomic E-state index is 0.0804. The molecule has 0 fully saturated rings. The highest BCUT2D eigenvalue weighted by atomic mass is 35.5. The van der Waals surface area contributed by atoms with Crippen LogP contribution in [0.5, 0.6) is 0 Å². The molecule has 168 valence electrons. The first kappa shape index (κ1) is 24.1. The fourth-order valence-electron chi connectivity index (χ4n) is 3.71. The van der Waals surface area contributed by atoms with Gasteiger partial charge in [-0.25, -0.2) is 0 Å². The van der Waals surface area contributed by atoms with Crippen molar-refractivity contribution in [2.24, 2.45) is 0 Å². The van der Waals surface area contributed by atoms with Gasteiger partial charge in [0.25, 0.3) is 0 Å². The molecule has 2 amide bonds. The van der Waals surface area contributed by atoms with E-state index in [0.717, 1.165) is 28.3 Å². The highest BCUT2D eigenvalue weighted by Gasteiger charge is 2.26. The summed E-state index contributed by atoms with van der Waals surface area (Å²) in [6.07, 6.45) is 1.74. The maximum Gasteiger partial charge on any atom is 0.242 e. The van der Waals surface area contributed by atoms with E-state index in [1.807, 2.05) is 31.2 Å². The molecular formula is C26H28Cl2N2O2. The van der Waals surface area contributed by atoms with E-state index in [1.165, 1.54) is 0 Å². The number of hydrogen-bond acceptors (Lipinski definition) is 2. The standard InChI is InChI=1S/C26H28Cl2N2O2/c1-3-15-29-26(32)18(2)30(17-19-11-13-23(27)24(28)16-19)25(31)14-12-21-9-6-8-20-7-4-5-10-22(20)21/h4-11,13,16,18H,3,12,14-15,17H2,1-2H3,(H,29,32)/t18-/m1/s1. The van der Waals surface area contributed by atoms with E-state index >= 15 is 0 Å². The summed E-state index contributed by atoms with van der Waals surface area (Å²) in [5, 5.41) is 6.07. The molecule has 6 heteroatoms. The largest absolute Gasteiger partial charge is 0.354 e. The molecule has 0 heterocycles. The van der Waals surface area contributed by atoms with E-state index in [1.54, 1.807) is 24.0 Å². The minimum atomic E-state index is -0.601. The Morgan fingerprint density at radius 2 is 1.75 bits per heavy atom. The number of fused-ring (bicyclic) bond motifs is 1. The molecule has 0 spiro atoms. The lowest BCUT2D eigenvalue weighted by molar-refractivity contribution is -0.140. The van der Waals surface area contributed by atoms with Gasteiger partial charge in [-0.15, -0.1) is 0 Å². The number of hydrogen-bond donors (Lipinski definition) is 1. The first-order valence-electron chi connectivity index (χ1n) is 10.9. The molecule has 1 atom stereocenters. The van der Waals surface area contributed by atoms with Gasteiger partial charge in [0.05, 0.1) is 10.0 Å². The number of benzene rings is 3. The summed E-state index contributed by atoms with van der Waals surface area (Å²) in [5.41, 5.74) is 1.95. The lowest BCUT2D eigenvalue weighted by Crippen LogP contribution is -2.47. The number of rotatable bonds is 9. The predicted octanol–water partition coefficient (Wildman–Crippen LogP) is 6.02. The summed E-state index contributed by atoms with van der Waals surface area (Å²) >= 11 is 12.2. The minimum Gasteiger partial charge on any atom is -0.354 e. The van der Waals surface area contributed by atoms with Gasteiger partial charge in [0.15, 0.2) is 0 Å². The molecule has 0 aliphatic heterocycles. The Bertz CT molecular complexity index is 1090. The number of carbonyl (C=O) groups excluding carboxylic acids is 2. The maximum atomic E-state index is 13.3. The van der Waals surface area contributed by atoms with Gasteiger partial charge in [0.2, 0.25) is 11.8 Å². The molecule has 0 saturated heterocycles. The summed E-state index contributed by atoms with van der Waals surface area (Å²) in [7, 11) is 0. The molecule has 32 heavy (non-hydrogen) atoms. The maximum absolute atomic E-state index is 13.3. The molecule has 0 bridgehead atoms. The van der Waals surface area contributed by atoms with E-state index in [-0.39, 0.29) is 18.4 Å². The zero-order valence-electron chi connectivity index (χ0n) is 18.4. The Labute approximate surface area is 199 Å². The summed E-state index contributed by atoms with van der Waals surface area (Å²) in [4.78, 5) is 27.6. The Hall–Kier alpha value is -2.56. The summed E-state index contributed by atoms with van der Waals surface area (Å²) < 4.78 is 0. The van der Waals surface area contributed by atoms with Crippen molar-refractivity contribution in [1.29, 1.82) is 0 Å². The van der Waals surface area contributed by atoms with Crippen molar-refractivity contribution in [3.05, 3.63) is 81.8 Å². The van der Waals surface area contributed by atoms with E-state index in [2.05, 4.69) is 29.6 Å². The molecule has 0 saturated carbocycles. The first-order chi connectivity index (χ1) is 15.4. The molecule has 1 N–H and O–H groups in total. The van der Waals surface area contributed by atoms with E-state index in [9.17, 15) is 9.59 Å². The average Bonchev–Trinajstić information content (AvgIpc) is 2.81. The van der Waals surface area contributed by atoms with Crippen LogP contribution in [0, 0.1) is 0 Å². The first-order valence-corrected chi connectivity index (χ1v) is 11.6. The van der Waals surface area contributed by atoms with E-state index in [4.69, 9.17) is 23.2 Å². The second kappa shape index (κ2) is 11.3. The third-order valence-corrected chi connectivity index (χ3v) is 6.28. The lowest BCUT2D eigenvalue weighted by Gasteiger charge is -2.29. The fraction of sp³-hybridized carbons (Fsp3) is 0.308. The van der Waals surface area contributed by atoms with Crippen molar-refractivity contribution in [3.8, 4) is 0 Å². The van der Waals surface area contributed by atoms with Crippen molar-refractivity contribution in [1.82, 2.24) is 10.2 Å². The van der Waals surface area contributed by atoms with Gasteiger partial charge in [-0.3, -0.25) is 9.59 Å². The molecule has 3 rings (SSSR count). The molecule has 0 unspecified atom stereocenters. The van der Waals surface area contributed by atoms with Crippen LogP contribution in [0.25, 0.3) is 10.8 Å². The van der Waals surface area contributed by atoms with Crippen molar-refractivity contribution in [3.63, 3.8) is 0 Å². The molecule has 3 aromatic carbocycles. The number of nitrogens with one attached hydrogen (secondary N) is 1. The van der Waals surface area contributed by atoms with Crippen LogP contribution in [0.15, 0.2) is 60.7 Å². The zero-order valence-corrected chi connectivity index (χ0v) is 19.9. The molecule has 3 aromatic rings. The van der Waals surface area contributed by atoms with Crippen molar-refractivity contribution < 1.29 is 9.59 Å². The molecule has 0 aliphatic rings. The SMILES string of the molecule is CCCNC(=O)[C@@H](C)N(Cc1ccc(Cl)c(Cl)c1)C(=O)CCc1cccc2ccccc12. The second-order valence-electron chi connectivity index (χ2n) is 7.88. The van der Waals surface area contributed by atoms with Gasteiger partial charge in [-0.2, -0.15) is 0 Å². The quantitative estimate of drug-likeness (QED) is 0.415. The Balaban J connectivity index is 1.79. The summed E-state index contributed by atoms with van der Waals surface area (Å²) in [5.74, 6) is -0.242. The van der Waals surface area contributed by atoms with Crippen LogP contribution in [0.1, 0.15) is 37.8 Å². The highest BCUT2D eigenvalue weighted by Crippen LogP contribution is 2.24. The van der Waals surface area contributed by atoms with E-state index < -0.39 is 6.04 Å². The molecule has 0 aliphatic carbocycles. The predicted molar refractivity (Wildman–Crippen MR) is 132 cm³/mol. The van der Waals surface area contributed by atoms with Crippen LogP contribution in [0.4, 0.5) is 0 Å². The monoisotopic (exact) mass is 470 g/mol. The van der Waals surface area contributed by atoms with E-state index in [0.29, 0.717) is 29.4 Å². The van der Waals surface area contributed by atoms with Crippen molar-refractivity contribution in [2.75, 3.05) is 6.54 Å². The third kappa shape index (κ3) is 6.02. The Kier molecular flexibility index (Phi) is 8.54. The number of halogens is 2. The van der Waals surface area contributed by atoms with Gasteiger partial charge in [0.1, 0.15) is 6.04 Å². The number of amides is 2. The van der Waals surface area contributed by atoms with Crippen LogP contribution in [-0.2, 0) is 22.6 Å². The topological polar surface area (TPSA) is 49.4 Å². The van der Waals surface area contributed by atoms with Gasteiger partial charge >= 0.3 is 0 Å². The second-order valence-corrected chi connectivity index (χ2v) is 8.69. The normalized spacial score (nSPS) is 11.9. The number of nitrogens with zero attached hydrogens (tertiary/aromatic N) is 1. The van der Waals surface area contributed by atoms with Gasteiger partial charge < -0.3 is 10.2 Å². The summed E-state index contributed by atoms with van der Waals surface area (Å²) in [6, 6.07) is 19.0. The average molecular weight is 471 g/mol. The molecule has 0 aromatic heterocycles.